The molecule has 2 N–H and O–H groups in total. The van der Waals surface area contributed by atoms with Crippen molar-refractivity contribution in [2.45, 2.75) is 13.1 Å². The summed E-state index contributed by atoms with van der Waals surface area (Å²) in [6, 6.07) is 17.4. The van der Waals surface area contributed by atoms with Crippen LogP contribution in [0.25, 0.3) is 33.9 Å². The van der Waals surface area contributed by atoms with Crippen molar-refractivity contribution in [2.24, 2.45) is 0 Å². The Bertz CT molecular complexity index is 1370. The van der Waals surface area contributed by atoms with Gasteiger partial charge in [0.1, 0.15) is 11.6 Å². The SMILES string of the molecule is C=C(C)c1ccccc1C(=C)Nc1ccc(-c2cnc(-c3cc(C(F)(F)F)ccc3F)[nH]2)cc1. The molecule has 4 rings (SSSR count). The highest BCUT2D eigenvalue weighted by Crippen LogP contribution is 2.33. The summed E-state index contributed by atoms with van der Waals surface area (Å²) in [4.78, 5) is 6.99. The van der Waals surface area contributed by atoms with Crippen LogP contribution in [-0.4, -0.2) is 9.97 Å². The molecule has 7 heteroatoms. The minimum atomic E-state index is -4.57. The van der Waals surface area contributed by atoms with Crippen molar-refractivity contribution < 1.29 is 17.6 Å². The van der Waals surface area contributed by atoms with Crippen molar-refractivity contribution in [2.75, 3.05) is 5.32 Å². The van der Waals surface area contributed by atoms with Crippen LogP contribution < -0.4 is 5.32 Å². The molecule has 172 valence electrons. The van der Waals surface area contributed by atoms with E-state index in [1.54, 1.807) is 0 Å². The fourth-order valence-corrected chi connectivity index (χ4v) is 3.58. The average Bonchev–Trinajstić information content (AvgIpc) is 3.29. The number of aromatic amines is 1. The molecule has 3 aromatic carbocycles. The lowest BCUT2D eigenvalue weighted by Crippen LogP contribution is -2.05. The number of hydrogen-bond acceptors (Lipinski definition) is 2. The number of allylic oxidation sites excluding steroid dienone is 1. The van der Waals surface area contributed by atoms with Gasteiger partial charge in [-0.15, -0.1) is 0 Å². The van der Waals surface area contributed by atoms with Crippen molar-refractivity contribution in [3.8, 4) is 22.6 Å². The first-order valence-corrected chi connectivity index (χ1v) is 10.4. The first-order chi connectivity index (χ1) is 16.1. The maximum Gasteiger partial charge on any atom is 0.416 e. The zero-order valence-electron chi connectivity index (χ0n) is 18.3. The summed E-state index contributed by atoms with van der Waals surface area (Å²) >= 11 is 0. The number of anilines is 1. The molecular weight excluding hydrogens is 442 g/mol. The molecule has 0 saturated carbocycles. The maximum atomic E-state index is 14.2. The molecule has 0 spiro atoms. The topological polar surface area (TPSA) is 40.7 Å². The summed E-state index contributed by atoms with van der Waals surface area (Å²) in [6.07, 6.45) is -3.12. The van der Waals surface area contributed by atoms with E-state index in [1.165, 1.54) is 6.20 Å². The molecule has 0 radical (unpaired) electrons. The standard InChI is InChI=1S/C27H21F4N3/c1-16(2)21-6-4-5-7-22(21)17(3)33-20-11-8-18(9-12-20)25-15-32-26(34-25)23-14-19(27(29,30)31)10-13-24(23)28/h4-15,33H,1,3H2,2H3,(H,32,34). The van der Waals surface area contributed by atoms with E-state index in [0.717, 1.165) is 45.8 Å². The van der Waals surface area contributed by atoms with Crippen LogP contribution in [0.1, 0.15) is 23.6 Å². The second-order valence-corrected chi connectivity index (χ2v) is 7.84. The van der Waals surface area contributed by atoms with Crippen LogP contribution in [0.15, 0.2) is 86.1 Å². The van der Waals surface area contributed by atoms with E-state index < -0.39 is 17.6 Å². The lowest BCUT2D eigenvalue weighted by atomic mass is 10.00. The second-order valence-electron chi connectivity index (χ2n) is 7.84. The number of hydrogen-bond donors (Lipinski definition) is 2. The molecule has 0 saturated heterocycles. The van der Waals surface area contributed by atoms with Crippen LogP contribution in [0, 0.1) is 5.82 Å². The van der Waals surface area contributed by atoms with Crippen LogP contribution in [0.5, 0.6) is 0 Å². The number of benzene rings is 3. The molecule has 0 aliphatic rings. The van der Waals surface area contributed by atoms with Crippen LogP contribution in [0.2, 0.25) is 0 Å². The van der Waals surface area contributed by atoms with Gasteiger partial charge in [0, 0.05) is 16.9 Å². The first kappa shape index (κ1) is 23.0. The van der Waals surface area contributed by atoms with Gasteiger partial charge in [0.15, 0.2) is 0 Å². The zero-order chi connectivity index (χ0) is 24.5. The van der Waals surface area contributed by atoms with Crippen LogP contribution >= 0.6 is 0 Å². The summed E-state index contributed by atoms with van der Waals surface area (Å²) in [7, 11) is 0. The van der Waals surface area contributed by atoms with E-state index in [4.69, 9.17) is 0 Å². The zero-order valence-corrected chi connectivity index (χ0v) is 18.3. The number of H-pyrrole nitrogens is 1. The lowest BCUT2D eigenvalue weighted by Gasteiger charge is -2.14. The highest BCUT2D eigenvalue weighted by atomic mass is 19.4. The summed E-state index contributed by atoms with van der Waals surface area (Å²) in [5.74, 6) is -0.771. The number of nitrogens with one attached hydrogen (secondary N) is 2. The van der Waals surface area contributed by atoms with Crippen molar-refractivity contribution in [1.29, 1.82) is 0 Å². The van der Waals surface area contributed by atoms with Crippen molar-refractivity contribution in [1.82, 2.24) is 9.97 Å². The third kappa shape index (κ3) is 4.78. The molecule has 3 nitrogen and oxygen atoms in total. The van der Waals surface area contributed by atoms with Crippen molar-refractivity contribution in [3.63, 3.8) is 0 Å². The largest absolute Gasteiger partial charge is 0.416 e. The van der Waals surface area contributed by atoms with E-state index in [-0.39, 0.29) is 11.4 Å². The lowest BCUT2D eigenvalue weighted by molar-refractivity contribution is -0.137. The third-order valence-corrected chi connectivity index (χ3v) is 5.33. The molecule has 0 aliphatic carbocycles. The fourth-order valence-electron chi connectivity index (χ4n) is 3.58. The van der Waals surface area contributed by atoms with E-state index in [9.17, 15) is 17.6 Å². The van der Waals surface area contributed by atoms with Crippen LogP contribution in [0.4, 0.5) is 23.2 Å². The first-order valence-electron chi connectivity index (χ1n) is 10.4. The molecule has 0 unspecified atom stereocenters. The summed E-state index contributed by atoms with van der Waals surface area (Å²) in [5.41, 5.74) is 4.50. The molecular formula is C27H21F4N3. The number of nitrogens with zero attached hydrogens (tertiary/aromatic N) is 1. The Morgan fingerprint density at radius 2 is 1.62 bits per heavy atom. The summed E-state index contributed by atoms with van der Waals surface area (Å²) in [6.45, 7) is 10.1. The Morgan fingerprint density at radius 1 is 0.941 bits per heavy atom. The van der Waals surface area contributed by atoms with Crippen LogP contribution in [0.3, 0.4) is 0 Å². The summed E-state index contributed by atoms with van der Waals surface area (Å²) < 4.78 is 53.2. The number of aromatic nitrogens is 2. The van der Waals surface area contributed by atoms with E-state index in [2.05, 4.69) is 28.4 Å². The van der Waals surface area contributed by atoms with Gasteiger partial charge in [0.2, 0.25) is 0 Å². The van der Waals surface area contributed by atoms with Gasteiger partial charge in [-0.2, -0.15) is 13.2 Å². The molecule has 4 aromatic rings. The quantitative estimate of drug-likeness (QED) is 0.284. The second kappa shape index (κ2) is 9.02. The Morgan fingerprint density at radius 3 is 2.26 bits per heavy atom. The van der Waals surface area contributed by atoms with E-state index in [0.29, 0.717) is 11.8 Å². The molecule has 0 atom stereocenters. The Balaban J connectivity index is 1.54. The van der Waals surface area contributed by atoms with Gasteiger partial charge in [-0.3, -0.25) is 0 Å². The van der Waals surface area contributed by atoms with E-state index in [1.807, 2.05) is 55.5 Å². The highest BCUT2D eigenvalue weighted by molar-refractivity contribution is 5.83. The number of rotatable bonds is 6. The Hall–Kier alpha value is -4.13. The van der Waals surface area contributed by atoms with Gasteiger partial charge in [-0.25, -0.2) is 9.37 Å². The molecule has 34 heavy (non-hydrogen) atoms. The van der Waals surface area contributed by atoms with Gasteiger partial charge in [0.25, 0.3) is 0 Å². The average molecular weight is 463 g/mol. The normalized spacial score (nSPS) is 11.3. The predicted molar refractivity (Wildman–Crippen MR) is 128 cm³/mol. The van der Waals surface area contributed by atoms with E-state index >= 15 is 0 Å². The van der Waals surface area contributed by atoms with Gasteiger partial charge in [0.05, 0.1) is 23.0 Å². The minimum absolute atomic E-state index is 0.0191. The monoisotopic (exact) mass is 463 g/mol. The van der Waals surface area contributed by atoms with Gasteiger partial charge in [-0.05, 0) is 48.4 Å². The molecule has 0 bridgehead atoms. The Labute approximate surface area is 194 Å². The van der Waals surface area contributed by atoms with Crippen molar-refractivity contribution >= 4 is 17.0 Å². The molecule has 1 aromatic heterocycles. The highest BCUT2D eigenvalue weighted by Gasteiger charge is 2.31. The molecule has 1 heterocycles. The molecule has 0 aliphatic heterocycles. The smallest absolute Gasteiger partial charge is 0.356 e. The minimum Gasteiger partial charge on any atom is -0.356 e. The number of alkyl halides is 3. The Kier molecular flexibility index (Phi) is 6.11. The third-order valence-electron chi connectivity index (χ3n) is 5.33. The molecule has 0 fully saturated rings. The predicted octanol–water partition coefficient (Wildman–Crippen LogP) is 8.02. The number of halogens is 4. The molecule has 0 amide bonds. The van der Waals surface area contributed by atoms with Crippen molar-refractivity contribution in [3.05, 3.63) is 109 Å². The summed E-state index contributed by atoms with van der Waals surface area (Å²) in [5, 5.41) is 3.27. The van der Waals surface area contributed by atoms with Gasteiger partial charge in [-0.1, -0.05) is 55.1 Å². The maximum absolute atomic E-state index is 14.2. The van der Waals surface area contributed by atoms with Crippen LogP contribution in [-0.2, 0) is 6.18 Å². The fraction of sp³-hybridized carbons (Fsp3) is 0.0741. The van der Waals surface area contributed by atoms with Gasteiger partial charge >= 0.3 is 6.18 Å². The van der Waals surface area contributed by atoms with Gasteiger partial charge < -0.3 is 10.3 Å². The number of imidazole rings is 1.